The molecule has 5 rings (SSSR count). The third kappa shape index (κ3) is 3.78. The maximum Gasteiger partial charge on any atom is 0.228 e. The summed E-state index contributed by atoms with van der Waals surface area (Å²) in [5.41, 5.74) is 3.94. The Labute approximate surface area is 200 Å². The van der Waals surface area contributed by atoms with E-state index in [2.05, 4.69) is 96.8 Å². The Morgan fingerprint density at radius 3 is 2.72 bits per heavy atom. The van der Waals surface area contributed by atoms with Crippen LogP contribution in [-0.4, -0.2) is 38.0 Å². The number of fused-ring (bicyclic) bond motifs is 2. The summed E-state index contributed by atoms with van der Waals surface area (Å²) >= 11 is 5.22. The molecule has 9 heteroatoms. The highest BCUT2D eigenvalue weighted by Crippen LogP contribution is 2.53. The lowest BCUT2D eigenvalue weighted by Gasteiger charge is -2.44. The number of rotatable bonds is 3. The minimum Gasteiger partial charge on any atom is -0.341 e. The first kappa shape index (κ1) is 21.7. The highest BCUT2D eigenvalue weighted by Gasteiger charge is 2.48. The summed E-state index contributed by atoms with van der Waals surface area (Å²) in [6.07, 6.45) is 3.17. The van der Waals surface area contributed by atoms with Crippen molar-refractivity contribution < 1.29 is 0 Å². The molecule has 0 bridgehead atoms. The van der Waals surface area contributed by atoms with E-state index in [9.17, 15) is 5.26 Å². The highest BCUT2D eigenvalue weighted by atomic mass is 79.9. The van der Waals surface area contributed by atoms with E-state index in [1.165, 1.54) is 11.1 Å². The van der Waals surface area contributed by atoms with Gasteiger partial charge in [0.25, 0.3) is 0 Å². The van der Waals surface area contributed by atoms with Crippen molar-refractivity contribution in [2.45, 2.75) is 50.8 Å². The number of H-pyrrole nitrogens is 1. The zero-order valence-corrected chi connectivity index (χ0v) is 20.8. The van der Waals surface area contributed by atoms with Gasteiger partial charge in [-0.15, -0.1) is 0 Å². The van der Waals surface area contributed by atoms with Crippen molar-refractivity contribution in [1.29, 1.82) is 5.26 Å². The molecule has 32 heavy (non-hydrogen) atoms. The fraction of sp³-hybridized carbons (Fsp3) is 0.478. The van der Waals surface area contributed by atoms with E-state index >= 15 is 0 Å². The lowest BCUT2D eigenvalue weighted by Crippen LogP contribution is -2.45. The number of benzene rings is 1. The minimum absolute atomic E-state index is 0.147. The van der Waals surface area contributed by atoms with E-state index in [4.69, 9.17) is 0 Å². The third-order valence-electron chi connectivity index (χ3n) is 6.51. The lowest BCUT2D eigenvalue weighted by molar-refractivity contribution is 0.178. The molecule has 2 aromatic heterocycles. The molecule has 0 radical (unpaired) electrons. The maximum absolute atomic E-state index is 9.60. The number of piperidine rings is 1. The topological polar surface area (TPSA) is 93.5 Å². The van der Waals surface area contributed by atoms with Gasteiger partial charge in [-0.2, -0.15) is 15.3 Å². The number of anilines is 1. The number of nitrogens with one attached hydrogen (secondary N) is 2. The third-order valence-corrected chi connectivity index (χ3v) is 8.05. The Morgan fingerprint density at radius 1 is 1.25 bits per heavy atom. The molecule has 2 N–H and O–H groups in total. The Morgan fingerprint density at radius 2 is 2.00 bits per heavy atom. The molecule has 0 amide bonds. The molecule has 1 fully saturated rings. The van der Waals surface area contributed by atoms with Gasteiger partial charge in [-0.3, -0.25) is 9.82 Å². The number of hydrogen-bond acceptors (Lipinski definition) is 7. The van der Waals surface area contributed by atoms with E-state index in [0.29, 0.717) is 33.3 Å². The molecular weight excluding hydrogens is 486 g/mol. The first-order valence-electron chi connectivity index (χ1n) is 10.9. The van der Waals surface area contributed by atoms with Crippen LogP contribution in [-0.2, 0) is 6.42 Å². The van der Waals surface area contributed by atoms with E-state index in [1.807, 2.05) is 11.9 Å². The van der Waals surface area contributed by atoms with Gasteiger partial charge in [0.15, 0.2) is 11.3 Å². The van der Waals surface area contributed by atoms with Crippen LogP contribution in [0.1, 0.15) is 56.5 Å². The first-order valence-corrected chi connectivity index (χ1v) is 12.5. The number of aromatic nitrogens is 4. The van der Waals surface area contributed by atoms with Crippen LogP contribution in [0.4, 0.5) is 5.95 Å². The lowest BCUT2D eigenvalue weighted by atomic mass is 9.73. The molecule has 1 aromatic carbocycles. The second-order valence-electron chi connectivity index (χ2n) is 9.71. The van der Waals surface area contributed by atoms with Gasteiger partial charge >= 0.3 is 0 Å². The van der Waals surface area contributed by atoms with Gasteiger partial charge in [0.1, 0.15) is 10.7 Å². The standard InChI is InChI=1S/C23H26BrN7S/c1-22(2,3)32-30-18-15-7-5-4-6-14(15)12-23(18)8-10-31(11-9-23)21-26-16(13-25)17-19(24)28-29-20(17)27-21/h4-7,18,30H,8-12H2,1-3H3,(H,26,27,28,29)/t18-/m1/s1. The fourth-order valence-corrected chi connectivity index (χ4v) is 6.23. The maximum atomic E-state index is 9.60. The summed E-state index contributed by atoms with van der Waals surface area (Å²) < 4.78 is 4.63. The monoisotopic (exact) mass is 511 g/mol. The number of nitriles is 1. The molecule has 166 valence electrons. The first-order chi connectivity index (χ1) is 15.3. The van der Waals surface area contributed by atoms with E-state index in [1.54, 1.807) is 0 Å². The molecule has 2 aliphatic rings. The quantitative estimate of drug-likeness (QED) is 0.482. The van der Waals surface area contributed by atoms with Crippen molar-refractivity contribution in [3.8, 4) is 6.07 Å². The number of aromatic amines is 1. The fourth-order valence-electron chi connectivity index (χ4n) is 4.93. The highest BCUT2D eigenvalue weighted by molar-refractivity contribution is 9.10. The van der Waals surface area contributed by atoms with Crippen LogP contribution in [0.5, 0.6) is 0 Å². The zero-order chi connectivity index (χ0) is 22.5. The molecule has 7 nitrogen and oxygen atoms in total. The summed E-state index contributed by atoms with van der Waals surface area (Å²) in [5, 5.41) is 17.3. The van der Waals surface area contributed by atoms with Crippen LogP contribution in [0.3, 0.4) is 0 Å². The molecule has 0 saturated carbocycles. The van der Waals surface area contributed by atoms with Gasteiger partial charge in [0.2, 0.25) is 5.95 Å². The SMILES string of the molecule is CC(C)(C)SN[C@@H]1c2ccccc2CC12CCN(c1nc(C#N)c3c(Br)[nH]nc3n1)CC2. The Kier molecular flexibility index (Phi) is 5.43. The smallest absolute Gasteiger partial charge is 0.228 e. The molecule has 3 heterocycles. The van der Waals surface area contributed by atoms with Crippen LogP contribution in [0, 0.1) is 16.7 Å². The van der Waals surface area contributed by atoms with E-state index in [0.717, 1.165) is 32.4 Å². The molecule has 3 aromatic rings. The van der Waals surface area contributed by atoms with Crippen molar-refractivity contribution in [3.05, 3.63) is 45.7 Å². The summed E-state index contributed by atoms with van der Waals surface area (Å²) in [7, 11) is 0. The van der Waals surface area contributed by atoms with Crippen molar-refractivity contribution in [1.82, 2.24) is 24.9 Å². The summed E-state index contributed by atoms with van der Waals surface area (Å²) in [4.78, 5) is 11.4. The Bertz CT molecular complexity index is 1200. The largest absolute Gasteiger partial charge is 0.341 e. The van der Waals surface area contributed by atoms with Crippen LogP contribution in [0.2, 0.25) is 0 Å². The summed E-state index contributed by atoms with van der Waals surface area (Å²) in [6, 6.07) is 11.4. The molecule has 1 atom stereocenters. The second-order valence-corrected chi connectivity index (χ2v) is 12.2. The van der Waals surface area contributed by atoms with Crippen LogP contribution >= 0.6 is 27.9 Å². The molecule has 1 spiro atoms. The normalized spacial score (nSPS) is 20.0. The van der Waals surface area contributed by atoms with Gasteiger partial charge < -0.3 is 4.90 Å². The second kappa shape index (κ2) is 8.01. The van der Waals surface area contributed by atoms with Gasteiger partial charge in [-0.05, 0) is 72.5 Å². The van der Waals surface area contributed by atoms with Crippen molar-refractivity contribution in [2.75, 3.05) is 18.0 Å². The van der Waals surface area contributed by atoms with Crippen LogP contribution < -0.4 is 9.62 Å². The minimum atomic E-state index is 0.147. The van der Waals surface area contributed by atoms with Crippen molar-refractivity contribution >= 4 is 44.9 Å². The molecular formula is C23H26BrN7S. The molecule has 1 saturated heterocycles. The Hall–Kier alpha value is -2.15. The average molecular weight is 512 g/mol. The van der Waals surface area contributed by atoms with Crippen molar-refractivity contribution in [3.63, 3.8) is 0 Å². The summed E-state index contributed by atoms with van der Waals surface area (Å²) in [5.74, 6) is 0.590. The Balaban J connectivity index is 1.40. The van der Waals surface area contributed by atoms with Gasteiger partial charge in [0, 0.05) is 23.9 Å². The van der Waals surface area contributed by atoms with Crippen LogP contribution in [0.15, 0.2) is 28.9 Å². The predicted molar refractivity (Wildman–Crippen MR) is 131 cm³/mol. The number of hydrogen-bond donors (Lipinski definition) is 2. The average Bonchev–Trinajstić information content (AvgIpc) is 3.29. The van der Waals surface area contributed by atoms with Crippen molar-refractivity contribution in [2.24, 2.45) is 5.41 Å². The van der Waals surface area contributed by atoms with E-state index < -0.39 is 0 Å². The zero-order valence-electron chi connectivity index (χ0n) is 18.4. The number of nitrogens with zero attached hydrogens (tertiary/aromatic N) is 5. The predicted octanol–water partition coefficient (Wildman–Crippen LogP) is 4.91. The number of halogens is 1. The van der Waals surface area contributed by atoms with Crippen LogP contribution in [0.25, 0.3) is 11.0 Å². The van der Waals surface area contributed by atoms with Gasteiger partial charge in [-0.25, -0.2) is 4.98 Å². The molecule has 1 aliphatic carbocycles. The molecule has 0 unspecified atom stereocenters. The van der Waals surface area contributed by atoms with Gasteiger partial charge in [0.05, 0.1) is 5.39 Å². The summed E-state index contributed by atoms with van der Waals surface area (Å²) in [6.45, 7) is 8.44. The van der Waals surface area contributed by atoms with E-state index in [-0.39, 0.29) is 10.2 Å². The molecule has 1 aliphatic heterocycles. The van der Waals surface area contributed by atoms with Gasteiger partial charge in [-0.1, -0.05) is 36.2 Å².